The second-order valence-corrected chi connectivity index (χ2v) is 4.00. The van der Waals surface area contributed by atoms with Gasteiger partial charge in [-0.1, -0.05) is 17.3 Å². The van der Waals surface area contributed by atoms with Crippen LogP contribution in [0.1, 0.15) is 11.3 Å². The van der Waals surface area contributed by atoms with Crippen molar-refractivity contribution in [1.29, 1.82) is 0 Å². The Balaban J connectivity index is 2.02. The van der Waals surface area contributed by atoms with E-state index in [0.717, 1.165) is 5.56 Å². The van der Waals surface area contributed by atoms with Crippen LogP contribution in [0.4, 0.5) is 13.2 Å². The van der Waals surface area contributed by atoms with Crippen LogP contribution >= 0.6 is 11.6 Å². The third-order valence-electron chi connectivity index (χ3n) is 2.22. The smallest absolute Gasteiger partial charge is 0.406 e. The number of aromatic nitrogens is 3. The molecule has 0 radical (unpaired) electrons. The number of ether oxygens (including phenoxy) is 1. The van der Waals surface area contributed by atoms with Crippen molar-refractivity contribution in [2.75, 3.05) is 0 Å². The first kappa shape index (κ1) is 13.7. The van der Waals surface area contributed by atoms with E-state index in [1.165, 1.54) is 24.3 Å². The summed E-state index contributed by atoms with van der Waals surface area (Å²) in [6.07, 6.45) is -3.00. The molecule has 1 heterocycles. The van der Waals surface area contributed by atoms with E-state index in [9.17, 15) is 13.2 Å². The van der Waals surface area contributed by atoms with Crippen molar-refractivity contribution in [2.45, 2.75) is 18.8 Å². The molecule has 0 fully saturated rings. The fourth-order valence-electron chi connectivity index (χ4n) is 1.46. The van der Waals surface area contributed by atoms with Crippen LogP contribution in [-0.4, -0.2) is 21.4 Å². The maximum Gasteiger partial charge on any atom is 0.573 e. The monoisotopic (exact) mass is 291 g/mol. The maximum atomic E-state index is 12.0. The zero-order valence-electron chi connectivity index (χ0n) is 9.56. The third-order valence-corrected chi connectivity index (χ3v) is 2.50. The molecular weight excluding hydrogens is 283 g/mol. The Morgan fingerprint density at radius 3 is 2.42 bits per heavy atom. The highest BCUT2D eigenvalue weighted by Gasteiger charge is 2.30. The van der Waals surface area contributed by atoms with Gasteiger partial charge in [0, 0.05) is 0 Å². The quantitative estimate of drug-likeness (QED) is 0.813. The van der Waals surface area contributed by atoms with Crippen LogP contribution in [0.3, 0.4) is 0 Å². The Morgan fingerprint density at radius 1 is 1.21 bits per heavy atom. The SMILES string of the molecule is FC(F)(F)Oc1ccc(Cn2cc(CCl)nn2)cc1. The van der Waals surface area contributed by atoms with Crippen LogP contribution in [-0.2, 0) is 12.4 Å². The minimum absolute atomic E-state index is 0.253. The summed E-state index contributed by atoms with van der Waals surface area (Å²) in [4.78, 5) is 0. The summed E-state index contributed by atoms with van der Waals surface area (Å²) in [5.74, 6) is 0.00882. The van der Waals surface area contributed by atoms with Crippen LogP contribution in [0.25, 0.3) is 0 Å². The lowest BCUT2D eigenvalue weighted by Gasteiger charge is -2.09. The largest absolute Gasteiger partial charge is 0.573 e. The molecule has 1 aromatic heterocycles. The summed E-state index contributed by atoms with van der Waals surface area (Å²) in [5, 5.41) is 7.64. The molecule has 0 aliphatic heterocycles. The second-order valence-electron chi connectivity index (χ2n) is 3.73. The number of hydrogen-bond donors (Lipinski definition) is 0. The lowest BCUT2D eigenvalue weighted by molar-refractivity contribution is -0.274. The molecule has 1 aromatic carbocycles. The average Bonchev–Trinajstić information content (AvgIpc) is 2.77. The van der Waals surface area contributed by atoms with Gasteiger partial charge in [0.1, 0.15) is 5.75 Å². The van der Waals surface area contributed by atoms with Gasteiger partial charge >= 0.3 is 6.36 Å². The van der Waals surface area contributed by atoms with Gasteiger partial charge in [0.2, 0.25) is 0 Å². The van der Waals surface area contributed by atoms with Gasteiger partial charge in [-0.15, -0.1) is 29.9 Å². The Kier molecular flexibility index (Phi) is 3.94. The zero-order valence-corrected chi connectivity index (χ0v) is 10.3. The number of hydrogen-bond acceptors (Lipinski definition) is 3. The van der Waals surface area contributed by atoms with Crippen molar-refractivity contribution >= 4 is 11.6 Å². The molecule has 102 valence electrons. The lowest BCUT2D eigenvalue weighted by atomic mass is 10.2. The molecule has 19 heavy (non-hydrogen) atoms. The van der Waals surface area contributed by atoms with Crippen molar-refractivity contribution < 1.29 is 17.9 Å². The summed E-state index contributed by atoms with van der Waals surface area (Å²) in [7, 11) is 0. The summed E-state index contributed by atoms with van der Waals surface area (Å²) in [6, 6.07) is 5.57. The molecule has 0 N–H and O–H groups in total. The Hall–Kier alpha value is -1.76. The Labute approximate surface area is 111 Å². The topological polar surface area (TPSA) is 39.9 Å². The standard InChI is InChI=1S/C11H9ClF3N3O/c12-5-9-7-18(17-16-9)6-8-1-3-10(4-2-8)19-11(13,14)15/h1-4,7H,5-6H2. The third kappa shape index (κ3) is 4.13. The molecule has 0 saturated carbocycles. The average molecular weight is 292 g/mol. The van der Waals surface area contributed by atoms with E-state index >= 15 is 0 Å². The fraction of sp³-hybridized carbons (Fsp3) is 0.273. The second kappa shape index (κ2) is 5.48. The summed E-state index contributed by atoms with van der Waals surface area (Å²) in [6.45, 7) is 0.399. The van der Waals surface area contributed by atoms with Gasteiger partial charge in [0.15, 0.2) is 0 Å². The molecule has 8 heteroatoms. The molecular formula is C11H9ClF3N3O. The highest BCUT2D eigenvalue weighted by Crippen LogP contribution is 2.22. The minimum atomic E-state index is -4.68. The zero-order chi connectivity index (χ0) is 13.9. The Bertz CT molecular complexity index is 539. The van der Waals surface area contributed by atoms with Crippen molar-refractivity contribution in [3.63, 3.8) is 0 Å². The fourth-order valence-corrected chi connectivity index (χ4v) is 1.58. The highest BCUT2D eigenvalue weighted by atomic mass is 35.5. The normalized spacial score (nSPS) is 11.6. The number of nitrogens with zero attached hydrogens (tertiary/aromatic N) is 3. The van der Waals surface area contributed by atoms with Crippen molar-refractivity contribution in [2.24, 2.45) is 0 Å². The van der Waals surface area contributed by atoms with Crippen molar-refractivity contribution in [3.05, 3.63) is 41.7 Å². The Morgan fingerprint density at radius 2 is 1.89 bits per heavy atom. The molecule has 0 amide bonds. The number of alkyl halides is 4. The summed E-state index contributed by atoms with van der Waals surface area (Å²) in [5.41, 5.74) is 1.42. The number of rotatable bonds is 4. The van der Waals surface area contributed by atoms with Crippen LogP contribution in [0.2, 0.25) is 0 Å². The number of halogens is 4. The molecule has 2 aromatic rings. The predicted octanol–water partition coefficient (Wildman–Crippen LogP) is 2.96. The van der Waals surface area contributed by atoms with E-state index in [1.807, 2.05) is 0 Å². The first-order valence-electron chi connectivity index (χ1n) is 5.26. The first-order valence-corrected chi connectivity index (χ1v) is 5.79. The summed E-state index contributed by atoms with van der Waals surface area (Å²) >= 11 is 5.59. The maximum absolute atomic E-state index is 12.0. The molecule has 0 unspecified atom stereocenters. The minimum Gasteiger partial charge on any atom is -0.406 e. The van der Waals surface area contributed by atoms with Crippen LogP contribution in [0.5, 0.6) is 5.75 Å². The van der Waals surface area contributed by atoms with Gasteiger partial charge in [-0.25, -0.2) is 4.68 Å². The first-order chi connectivity index (χ1) is 8.96. The van der Waals surface area contributed by atoms with Gasteiger partial charge in [0.25, 0.3) is 0 Å². The van der Waals surface area contributed by atoms with E-state index in [0.29, 0.717) is 12.2 Å². The molecule has 0 bridgehead atoms. The van der Waals surface area contributed by atoms with E-state index < -0.39 is 6.36 Å². The van der Waals surface area contributed by atoms with E-state index in [4.69, 9.17) is 11.6 Å². The van der Waals surface area contributed by atoms with Gasteiger partial charge in [-0.3, -0.25) is 0 Å². The van der Waals surface area contributed by atoms with Crippen molar-refractivity contribution in [3.8, 4) is 5.75 Å². The van der Waals surface area contributed by atoms with Crippen molar-refractivity contribution in [1.82, 2.24) is 15.0 Å². The van der Waals surface area contributed by atoms with E-state index in [2.05, 4.69) is 15.0 Å². The van der Waals surface area contributed by atoms with Crippen LogP contribution in [0, 0.1) is 0 Å². The van der Waals surface area contributed by atoms with Gasteiger partial charge < -0.3 is 4.74 Å². The molecule has 4 nitrogen and oxygen atoms in total. The van der Waals surface area contributed by atoms with Gasteiger partial charge in [0.05, 0.1) is 24.3 Å². The molecule has 0 aliphatic carbocycles. The van der Waals surface area contributed by atoms with Gasteiger partial charge in [-0.05, 0) is 17.7 Å². The van der Waals surface area contributed by atoms with Gasteiger partial charge in [-0.2, -0.15) is 0 Å². The number of benzene rings is 1. The highest BCUT2D eigenvalue weighted by molar-refractivity contribution is 6.16. The predicted molar refractivity (Wildman–Crippen MR) is 61.8 cm³/mol. The summed E-state index contributed by atoms with van der Waals surface area (Å²) < 4.78 is 41.2. The van der Waals surface area contributed by atoms with Crippen LogP contribution < -0.4 is 4.74 Å². The molecule has 2 rings (SSSR count). The molecule has 0 spiro atoms. The molecule has 0 aliphatic rings. The van der Waals surface area contributed by atoms with E-state index in [1.54, 1.807) is 10.9 Å². The molecule has 0 saturated heterocycles. The van der Waals surface area contributed by atoms with E-state index in [-0.39, 0.29) is 11.6 Å². The molecule has 0 atom stereocenters. The lowest BCUT2D eigenvalue weighted by Crippen LogP contribution is -2.17. The van der Waals surface area contributed by atoms with Crippen LogP contribution in [0.15, 0.2) is 30.5 Å².